The molecule has 0 aliphatic heterocycles. The molecule has 0 spiro atoms. The molecule has 0 aliphatic carbocycles. The second-order valence-electron chi connectivity index (χ2n) is 9.89. The molecule has 0 bridgehead atoms. The summed E-state index contributed by atoms with van der Waals surface area (Å²) in [5.41, 5.74) is 6.97. The maximum Gasteiger partial charge on any atom is 0.336 e. The smallest absolute Gasteiger partial charge is 0.336 e. The molecule has 3 aromatic rings. The summed E-state index contributed by atoms with van der Waals surface area (Å²) in [6.07, 6.45) is 2.15. The first-order valence-electron chi connectivity index (χ1n) is 11.8. The minimum Gasteiger partial charge on any atom is -0.478 e. The zero-order valence-electron chi connectivity index (χ0n) is 22.3. The lowest BCUT2D eigenvalue weighted by molar-refractivity contribution is 0.0697. The number of hydrogen-bond donors (Lipinski definition) is 6. The molecule has 13 heteroatoms. The lowest BCUT2D eigenvalue weighted by Crippen LogP contribution is -2.32. The number of carbonyl (C=O) groups excluding carboxylic acids is 2. The number of aromatic carboxylic acids is 1. The molecule has 0 fully saturated rings. The molecule has 2 amide bonds. The Hall–Kier alpha value is -4.62. The van der Waals surface area contributed by atoms with Gasteiger partial charge in [-0.15, -0.1) is 0 Å². The van der Waals surface area contributed by atoms with Gasteiger partial charge >= 0.3 is 5.97 Å². The van der Waals surface area contributed by atoms with E-state index in [9.17, 15) is 27.9 Å². The van der Waals surface area contributed by atoms with E-state index >= 15 is 0 Å². The third kappa shape index (κ3) is 9.93. The summed E-state index contributed by atoms with van der Waals surface area (Å²) in [5, 5.41) is 22.8. The highest BCUT2D eigenvalue weighted by Gasteiger charge is 2.22. The van der Waals surface area contributed by atoms with Crippen molar-refractivity contribution in [2.24, 2.45) is 11.1 Å². The van der Waals surface area contributed by atoms with Gasteiger partial charge in [-0.05, 0) is 53.4 Å². The van der Waals surface area contributed by atoms with Crippen molar-refractivity contribution in [3.05, 3.63) is 83.2 Å². The van der Waals surface area contributed by atoms with E-state index in [1.807, 2.05) is 20.8 Å². The maximum absolute atomic E-state index is 13.0. The monoisotopic (exact) mass is 569 g/mol. The molecule has 0 saturated carbocycles. The van der Waals surface area contributed by atoms with Crippen molar-refractivity contribution in [3.63, 3.8) is 0 Å². The fourth-order valence-corrected chi connectivity index (χ4v) is 3.27. The van der Waals surface area contributed by atoms with Gasteiger partial charge in [-0.2, -0.15) is 8.42 Å². The minimum absolute atomic E-state index is 0.0237. The summed E-state index contributed by atoms with van der Waals surface area (Å²) in [5.74, 6) is -2.25. The molecule has 0 aliphatic rings. The highest BCUT2D eigenvalue weighted by atomic mass is 32.2. The number of anilines is 1. The summed E-state index contributed by atoms with van der Waals surface area (Å²) in [6.45, 7) is 6.36. The molecule has 40 heavy (non-hydrogen) atoms. The molecule has 0 atom stereocenters. The van der Waals surface area contributed by atoms with Crippen LogP contribution in [0, 0.1) is 10.8 Å². The molecule has 7 N–H and O–H groups in total. The fraction of sp³-hybridized carbons (Fsp3) is 0.222. The predicted octanol–water partition coefficient (Wildman–Crippen LogP) is 3.26. The molecule has 2 aromatic carbocycles. The van der Waals surface area contributed by atoms with Gasteiger partial charge < -0.3 is 21.5 Å². The van der Waals surface area contributed by atoms with Crippen molar-refractivity contribution in [1.29, 1.82) is 5.41 Å². The van der Waals surface area contributed by atoms with E-state index in [4.69, 9.17) is 15.7 Å². The summed E-state index contributed by atoms with van der Waals surface area (Å²) >= 11 is 0. The highest BCUT2D eigenvalue weighted by Crippen LogP contribution is 2.28. The summed E-state index contributed by atoms with van der Waals surface area (Å²) in [7, 11) is -3.67. The molecule has 0 saturated heterocycles. The fourth-order valence-electron chi connectivity index (χ4n) is 3.27. The van der Waals surface area contributed by atoms with E-state index in [2.05, 4.69) is 15.6 Å². The number of nitrogens with one attached hydrogen (secondary N) is 3. The number of amidine groups is 1. The van der Waals surface area contributed by atoms with Gasteiger partial charge in [0.2, 0.25) is 0 Å². The van der Waals surface area contributed by atoms with Crippen LogP contribution in [-0.2, 0) is 10.1 Å². The zero-order chi connectivity index (χ0) is 30.3. The van der Waals surface area contributed by atoms with Crippen LogP contribution in [-0.4, -0.2) is 59.5 Å². The number of amides is 2. The number of nitrogens with two attached hydrogens (primary N) is 1. The molecule has 212 valence electrons. The van der Waals surface area contributed by atoms with Crippen LogP contribution in [0.1, 0.15) is 57.5 Å². The predicted molar refractivity (Wildman–Crippen MR) is 151 cm³/mol. The van der Waals surface area contributed by atoms with E-state index in [1.54, 1.807) is 36.4 Å². The third-order valence-electron chi connectivity index (χ3n) is 5.06. The number of nitrogen functional groups attached to an aromatic ring is 1. The normalized spacial score (nSPS) is 11.0. The summed E-state index contributed by atoms with van der Waals surface area (Å²) in [4.78, 5) is 41.8. The molecule has 1 heterocycles. The van der Waals surface area contributed by atoms with Gasteiger partial charge in [-0.1, -0.05) is 32.9 Å². The van der Waals surface area contributed by atoms with Gasteiger partial charge in [0.25, 0.3) is 21.9 Å². The Bertz CT molecular complexity index is 1520. The number of nitrogens with zero attached hydrogens (tertiary/aromatic N) is 1. The van der Waals surface area contributed by atoms with Crippen LogP contribution in [0.25, 0.3) is 11.1 Å². The summed E-state index contributed by atoms with van der Waals surface area (Å²) < 4.78 is 25.9. The van der Waals surface area contributed by atoms with Crippen LogP contribution in [0.3, 0.4) is 0 Å². The standard InChI is InChI=1S/C26H27N5O4.CH4O3S/c1-26(2,3)14-30-23(32)16-8-11-18(20(13-16)25(34)35)19-5-4-12-29-21(19)24(33)31-17-9-6-15(7-10-17)22(27)28;1-5(2,3)4/h4-13H,14H2,1-3H3,(H3,27,28)(H,30,32)(H,31,33)(H,34,35);1H3,(H,2,3,4). The van der Waals surface area contributed by atoms with Crippen molar-refractivity contribution in [2.75, 3.05) is 18.1 Å². The first-order chi connectivity index (χ1) is 18.5. The topological polar surface area (TPSA) is 213 Å². The molecular weight excluding hydrogens is 538 g/mol. The van der Waals surface area contributed by atoms with Gasteiger partial charge in [-0.25, -0.2) is 4.79 Å². The van der Waals surface area contributed by atoms with Crippen LogP contribution in [0.5, 0.6) is 0 Å². The van der Waals surface area contributed by atoms with Gasteiger partial charge in [0.1, 0.15) is 11.5 Å². The number of benzene rings is 2. The van der Waals surface area contributed by atoms with Crippen molar-refractivity contribution >= 4 is 39.4 Å². The minimum atomic E-state index is -3.67. The Morgan fingerprint density at radius 1 is 0.975 bits per heavy atom. The lowest BCUT2D eigenvalue weighted by Gasteiger charge is -2.19. The Morgan fingerprint density at radius 3 is 2.08 bits per heavy atom. The first-order valence-corrected chi connectivity index (χ1v) is 13.6. The Kier molecular flexibility index (Phi) is 10.2. The van der Waals surface area contributed by atoms with Crippen molar-refractivity contribution in [3.8, 4) is 11.1 Å². The van der Waals surface area contributed by atoms with Crippen LogP contribution in [0.2, 0.25) is 0 Å². The third-order valence-corrected chi connectivity index (χ3v) is 5.06. The first kappa shape index (κ1) is 31.6. The van der Waals surface area contributed by atoms with Crippen LogP contribution in [0.4, 0.5) is 5.69 Å². The number of pyridine rings is 1. The number of hydrogen-bond acceptors (Lipinski definition) is 7. The molecule has 1 aromatic heterocycles. The average Bonchev–Trinajstić information content (AvgIpc) is 2.85. The van der Waals surface area contributed by atoms with Gasteiger partial charge in [0.15, 0.2) is 0 Å². The van der Waals surface area contributed by atoms with E-state index in [-0.39, 0.29) is 39.5 Å². The quantitative estimate of drug-likeness (QED) is 0.140. The van der Waals surface area contributed by atoms with Gasteiger partial charge in [0.05, 0.1) is 11.8 Å². The Balaban J connectivity index is 0.00000103. The van der Waals surface area contributed by atoms with Gasteiger partial charge in [-0.3, -0.25) is 24.5 Å². The zero-order valence-corrected chi connectivity index (χ0v) is 23.2. The van der Waals surface area contributed by atoms with E-state index in [1.165, 1.54) is 24.4 Å². The average molecular weight is 570 g/mol. The number of aromatic nitrogens is 1. The Morgan fingerprint density at radius 2 is 1.55 bits per heavy atom. The maximum atomic E-state index is 13.0. The van der Waals surface area contributed by atoms with Crippen LogP contribution >= 0.6 is 0 Å². The second-order valence-corrected chi connectivity index (χ2v) is 11.4. The van der Waals surface area contributed by atoms with Gasteiger partial charge in [0, 0.05) is 35.1 Å². The largest absolute Gasteiger partial charge is 0.478 e. The number of carboxylic acids is 1. The van der Waals surface area contributed by atoms with Crippen LogP contribution in [0.15, 0.2) is 60.8 Å². The Labute approximate surface area is 231 Å². The molecular formula is C27H31N5O7S. The number of rotatable bonds is 7. The molecule has 0 radical (unpaired) electrons. The second kappa shape index (κ2) is 13.0. The molecule has 3 rings (SSSR count). The number of carbonyl (C=O) groups is 3. The van der Waals surface area contributed by atoms with E-state index < -0.39 is 22.0 Å². The highest BCUT2D eigenvalue weighted by molar-refractivity contribution is 7.85. The molecule has 12 nitrogen and oxygen atoms in total. The lowest BCUT2D eigenvalue weighted by atomic mass is 9.95. The van der Waals surface area contributed by atoms with E-state index in [0.29, 0.717) is 29.6 Å². The molecule has 0 unspecified atom stereocenters. The number of carboxylic acid groups (broad SMARTS) is 1. The van der Waals surface area contributed by atoms with E-state index in [0.717, 1.165) is 0 Å². The van der Waals surface area contributed by atoms with Crippen LogP contribution < -0.4 is 16.4 Å². The summed E-state index contributed by atoms with van der Waals surface area (Å²) in [6, 6.07) is 13.9. The van der Waals surface area contributed by atoms with Crippen molar-refractivity contribution in [1.82, 2.24) is 10.3 Å². The van der Waals surface area contributed by atoms with Crippen molar-refractivity contribution < 1.29 is 32.5 Å². The van der Waals surface area contributed by atoms with Crippen molar-refractivity contribution in [2.45, 2.75) is 20.8 Å². The SMILES string of the molecule is CC(C)(C)CNC(=O)c1ccc(-c2cccnc2C(=O)Nc2ccc(C(=N)N)cc2)c(C(=O)O)c1.CS(=O)(=O)O.